The maximum atomic E-state index is 6.24. The van der Waals surface area contributed by atoms with E-state index in [1.54, 1.807) is 0 Å². The number of aromatic nitrogens is 1. The summed E-state index contributed by atoms with van der Waals surface area (Å²) in [5, 5.41) is 1.99. The normalized spacial score (nSPS) is 11.2. The predicted octanol–water partition coefficient (Wildman–Crippen LogP) is 3.33. The van der Waals surface area contributed by atoms with Gasteiger partial charge in [0.05, 0.1) is 10.5 Å². The number of hydrogen-bond acceptors (Lipinski definition) is 1. The second-order valence-corrected chi connectivity index (χ2v) is 4.64. The summed E-state index contributed by atoms with van der Waals surface area (Å²) in [6.45, 7) is 4.94. The molecule has 2 nitrogen and oxygen atoms in total. The van der Waals surface area contributed by atoms with E-state index in [2.05, 4.69) is 18.8 Å². The molecule has 0 fully saturated rings. The van der Waals surface area contributed by atoms with E-state index in [1.807, 2.05) is 12.1 Å². The predicted molar refractivity (Wildman–Crippen MR) is 70.2 cm³/mol. The van der Waals surface area contributed by atoms with Crippen molar-refractivity contribution in [3.63, 3.8) is 0 Å². The SMILES string of the molecule is Cc1ccc(Cl)c2c(C)c(CCCN)[nH]c12. The standard InChI is InChI=1S/C13H17ClN2/c1-8-5-6-10(14)12-9(2)11(4-3-7-15)16-13(8)12/h5-6,16H,3-4,7,15H2,1-2H3. The molecule has 0 aliphatic heterocycles. The monoisotopic (exact) mass is 236 g/mol. The molecule has 3 N–H and O–H groups in total. The molecule has 0 saturated heterocycles. The molecule has 16 heavy (non-hydrogen) atoms. The van der Waals surface area contributed by atoms with Crippen molar-refractivity contribution in [2.75, 3.05) is 6.54 Å². The molecule has 1 aromatic heterocycles. The van der Waals surface area contributed by atoms with Crippen molar-refractivity contribution in [2.45, 2.75) is 26.7 Å². The van der Waals surface area contributed by atoms with Gasteiger partial charge in [-0.25, -0.2) is 0 Å². The summed E-state index contributed by atoms with van der Waals surface area (Å²) in [6.07, 6.45) is 2.00. The Kier molecular flexibility index (Phi) is 3.22. The van der Waals surface area contributed by atoms with E-state index in [0.717, 1.165) is 35.3 Å². The molecular formula is C13H17ClN2. The van der Waals surface area contributed by atoms with Gasteiger partial charge in [-0.05, 0) is 50.4 Å². The lowest BCUT2D eigenvalue weighted by molar-refractivity contribution is 0.813. The minimum atomic E-state index is 0.724. The van der Waals surface area contributed by atoms with E-state index in [9.17, 15) is 0 Å². The molecule has 1 heterocycles. The smallest absolute Gasteiger partial charge is 0.0503 e. The summed E-state index contributed by atoms with van der Waals surface area (Å²) in [7, 11) is 0. The van der Waals surface area contributed by atoms with Gasteiger partial charge in [-0.3, -0.25) is 0 Å². The zero-order valence-corrected chi connectivity index (χ0v) is 10.5. The van der Waals surface area contributed by atoms with Gasteiger partial charge in [0.15, 0.2) is 0 Å². The summed E-state index contributed by atoms with van der Waals surface area (Å²) >= 11 is 6.24. The summed E-state index contributed by atoms with van der Waals surface area (Å²) in [5.74, 6) is 0. The number of H-pyrrole nitrogens is 1. The number of nitrogens with one attached hydrogen (secondary N) is 1. The molecule has 0 unspecified atom stereocenters. The minimum Gasteiger partial charge on any atom is -0.358 e. The molecule has 0 saturated carbocycles. The van der Waals surface area contributed by atoms with Crippen LogP contribution in [0.4, 0.5) is 0 Å². The minimum absolute atomic E-state index is 0.724. The summed E-state index contributed by atoms with van der Waals surface area (Å²) in [6, 6.07) is 4.01. The van der Waals surface area contributed by atoms with Gasteiger partial charge in [0.1, 0.15) is 0 Å². The molecule has 0 spiro atoms. The molecule has 0 atom stereocenters. The second-order valence-electron chi connectivity index (χ2n) is 4.24. The van der Waals surface area contributed by atoms with Crippen LogP contribution < -0.4 is 5.73 Å². The fraction of sp³-hybridized carbons (Fsp3) is 0.385. The van der Waals surface area contributed by atoms with Crippen molar-refractivity contribution in [2.24, 2.45) is 5.73 Å². The summed E-state index contributed by atoms with van der Waals surface area (Å²) in [5.41, 5.74) is 10.5. The van der Waals surface area contributed by atoms with Crippen LogP contribution >= 0.6 is 11.6 Å². The number of fused-ring (bicyclic) bond motifs is 1. The Morgan fingerprint density at radius 1 is 1.31 bits per heavy atom. The first-order valence-electron chi connectivity index (χ1n) is 5.61. The van der Waals surface area contributed by atoms with Crippen LogP contribution in [0.1, 0.15) is 23.2 Å². The van der Waals surface area contributed by atoms with Crippen molar-refractivity contribution in [1.82, 2.24) is 4.98 Å². The highest BCUT2D eigenvalue weighted by Gasteiger charge is 2.11. The Hall–Kier alpha value is -0.990. The van der Waals surface area contributed by atoms with Crippen LogP contribution in [0.5, 0.6) is 0 Å². The highest BCUT2D eigenvalue weighted by Crippen LogP contribution is 2.31. The third kappa shape index (κ3) is 1.83. The molecule has 0 bridgehead atoms. The fourth-order valence-electron chi connectivity index (χ4n) is 2.13. The lowest BCUT2D eigenvalue weighted by Gasteiger charge is -1.99. The zero-order chi connectivity index (χ0) is 11.7. The summed E-state index contributed by atoms with van der Waals surface area (Å²) < 4.78 is 0. The Morgan fingerprint density at radius 3 is 2.69 bits per heavy atom. The molecule has 2 aromatic rings. The average Bonchev–Trinajstić information content (AvgIpc) is 2.60. The largest absolute Gasteiger partial charge is 0.358 e. The van der Waals surface area contributed by atoms with Crippen LogP contribution in [0, 0.1) is 13.8 Å². The van der Waals surface area contributed by atoms with E-state index < -0.39 is 0 Å². The highest BCUT2D eigenvalue weighted by atomic mass is 35.5. The lowest BCUT2D eigenvalue weighted by atomic mass is 10.1. The van der Waals surface area contributed by atoms with Crippen molar-refractivity contribution >= 4 is 22.5 Å². The van der Waals surface area contributed by atoms with Crippen molar-refractivity contribution in [3.8, 4) is 0 Å². The Morgan fingerprint density at radius 2 is 2.06 bits per heavy atom. The van der Waals surface area contributed by atoms with E-state index in [4.69, 9.17) is 17.3 Å². The molecular weight excluding hydrogens is 220 g/mol. The maximum Gasteiger partial charge on any atom is 0.0503 e. The van der Waals surface area contributed by atoms with Gasteiger partial charge in [-0.1, -0.05) is 17.7 Å². The number of rotatable bonds is 3. The van der Waals surface area contributed by atoms with E-state index in [1.165, 1.54) is 16.8 Å². The number of aromatic amines is 1. The third-order valence-electron chi connectivity index (χ3n) is 3.10. The Labute approximate surface area is 101 Å². The van der Waals surface area contributed by atoms with Crippen LogP contribution in [0.15, 0.2) is 12.1 Å². The number of aryl methyl sites for hydroxylation is 3. The zero-order valence-electron chi connectivity index (χ0n) is 9.73. The first kappa shape index (κ1) is 11.5. The number of benzene rings is 1. The third-order valence-corrected chi connectivity index (χ3v) is 3.41. The highest BCUT2D eigenvalue weighted by molar-refractivity contribution is 6.35. The molecule has 86 valence electrons. The second kappa shape index (κ2) is 4.48. The van der Waals surface area contributed by atoms with Crippen LogP contribution in [0.3, 0.4) is 0 Å². The van der Waals surface area contributed by atoms with Gasteiger partial charge < -0.3 is 10.7 Å². The average molecular weight is 237 g/mol. The molecule has 0 aliphatic carbocycles. The summed E-state index contributed by atoms with van der Waals surface area (Å²) in [4.78, 5) is 3.47. The first-order chi connectivity index (χ1) is 7.65. The van der Waals surface area contributed by atoms with Crippen molar-refractivity contribution < 1.29 is 0 Å². The van der Waals surface area contributed by atoms with Gasteiger partial charge in [0.25, 0.3) is 0 Å². The maximum absolute atomic E-state index is 6.24. The first-order valence-corrected chi connectivity index (χ1v) is 5.99. The topological polar surface area (TPSA) is 41.8 Å². The van der Waals surface area contributed by atoms with Gasteiger partial charge in [0, 0.05) is 11.1 Å². The molecule has 2 rings (SSSR count). The van der Waals surface area contributed by atoms with Gasteiger partial charge in [-0.2, -0.15) is 0 Å². The van der Waals surface area contributed by atoms with Crippen LogP contribution in [0.2, 0.25) is 5.02 Å². The molecule has 1 aromatic carbocycles. The van der Waals surface area contributed by atoms with E-state index >= 15 is 0 Å². The number of halogens is 1. The molecule has 0 amide bonds. The van der Waals surface area contributed by atoms with E-state index in [-0.39, 0.29) is 0 Å². The molecule has 0 aliphatic rings. The van der Waals surface area contributed by atoms with Crippen LogP contribution in [-0.2, 0) is 6.42 Å². The lowest BCUT2D eigenvalue weighted by Crippen LogP contribution is -2.01. The Balaban J connectivity index is 2.58. The van der Waals surface area contributed by atoms with E-state index in [0.29, 0.717) is 0 Å². The van der Waals surface area contributed by atoms with Crippen LogP contribution in [0.25, 0.3) is 10.9 Å². The number of hydrogen-bond donors (Lipinski definition) is 2. The van der Waals surface area contributed by atoms with Gasteiger partial charge >= 0.3 is 0 Å². The molecule has 0 radical (unpaired) electrons. The van der Waals surface area contributed by atoms with Crippen LogP contribution in [-0.4, -0.2) is 11.5 Å². The van der Waals surface area contributed by atoms with Crippen molar-refractivity contribution in [3.05, 3.63) is 34.0 Å². The van der Waals surface area contributed by atoms with Crippen molar-refractivity contribution in [1.29, 1.82) is 0 Å². The van der Waals surface area contributed by atoms with Gasteiger partial charge in [-0.15, -0.1) is 0 Å². The quantitative estimate of drug-likeness (QED) is 0.844. The Bertz CT molecular complexity index is 514. The fourth-order valence-corrected chi connectivity index (χ4v) is 2.43. The number of nitrogens with two attached hydrogens (primary N) is 1. The van der Waals surface area contributed by atoms with Gasteiger partial charge in [0.2, 0.25) is 0 Å². The molecule has 3 heteroatoms.